The second-order valence-corrected chi connectivity index (χ2v) is 37.0. The molecule has 0 aromatic heterocycles. The predicted molar refractivity (Wildman–Crippen MR) is 228 cm³/mol. The van der Waals surface area contributed by atoms with E-state index < -0.39 is 27.9 Å². The first-order chi connectivity index (χ1) is 25.8. The summed E-state index contributed by atoms with van der Waals surface area (Å²) in [6.07, 6.45) is 6.92. The normalized spacial score (nSPS) is 17.0. The van der Waals surface area contributed by atoms with Crippen LogP contribution in [0.4, 0.5) is 0 Å². The van der Waals surface area contributed by atoms with Crippen molar-refractivity contribution in [2.75, 3.05) is 0 Å². The fraction of sp³-hybridized carbons (Fsp3) is 0.348. The summed E-state index contributed by atoms with van der Waals surface area (Å²) in [5, 5.41) is 6.56. The first-order valence-electron chi connectivity index (χ1n) is 19.8. The Bertz CT molecular complexity index is 2010. The molecule has 0 saturated heterocycles. The monoisotopic (exact) mass is 837 g/mol. The number of carbonyl (C=O) groups is 2. The van der Waals surface area contributed by atoms with Crippen LogP contribution in [-0.4, -0.2) is 16.3 Å². The van der Waals surface area contributed by atoms with Crippen molar-refractivity contribution in [2.24, 2.45) is 11.8 Å². The van der Waals surface area contributed by atoms with Gasteiger partial charge in [-0.05, 0) is 0 Å². The average molecular weight is 840 g/mol. The summed E-state index contributed by atoms with van der Waals surface area (Å²) in [5.74, 6) is -0.227. The number of rotatable bonds is 13. The fourth-order valence-corrected chi connectivity index (χ4v) is 30.1. The number of carbonyl (C=O) groups excluding carboxylic acids is 2. The number of amides is 2. The van der Waals surface area contributed by atoms with Crippen molar-refractivity contribution in [3.05, 3.63) is 129 Å². The molecule has 0 spiro atoms. The van der Waals surface area contributed by atoms with Crippen LogP contribution < -0.4 is 10.5 Å². The average Bonchev–Trinajstić information content (AvgIpc) is 3.79. The van der Waals surface area contributed by atoms with Gasteiger partial charge in [0.1, 0.15) is 0 Å². The van der Waals surface area contributed by atoms with Gasteiger partial charge in [0.2, 0.25) is 0 Å². The number of benzene rings is 4. The molecule has 0 radical (unpaired) electrons. The first kappa shape index (κ1) is 40.5. The van der Waals surface area contributed by atoms with Gasteiger partial charge in [-0.15, -0.1) is 0 Å². The van der Waals surface area contributed by atoms with Gasteiger partial charge >= 0.3 is 334 Å². The molecular weight excluding hydrogens is 785 g/mol. The SMILES string of the molecule is CCC(=O)N[B](NC(=O)CC)[Zr]([Cl])([Cl])([CH]1C(C(C)C)=Cc2c(-c3ccccc3CC)cccc21)[CH]1C(C(C)C)=Cc2c(-c3ccccc3CC)cccc21. The summed E-state index contributed by atoms with van der Waals surface area (Å²) in [6.45, 7) is 16.9. The number of hydrogen-bond acceptors (Lipinski definition) is 2. The molecule has 281 valence electrons. The molecule has 0 bridgehead atoms. The Morgan fingerprint density at radius 2 is 0.963 bits per heavy atom. The van der Waals surface area contributed by atoms with Crippen LogP contribution in [0.25, 0.3) is 34.4 Å². The third-order valence-electron chi connectivity index (χ3n) is 11.8. The van der Waals surface area contributed by atoms with Crippen LogP contribution in [0.1, 0.15) is 109 Å². The van der Waals surface area contributed by atoms with E-state index in [2.05, 4.69) is 149 Å². The van der Waals surface area contributed by atoms with Crippen LogP contribution in [-0.2, 0) is 38.6 Å². The van der Waals surface area contributed by atoms with Crippen molar-refractivity contribution in [3.63, 3.8) is 0 Å². The minimum atomic E-state index is -6.02. The molecule has 0 saturated carbocycles. The standard InChI is InChI=1S/2C20H21.C6H11BN2O2.2ClH.Zr/c2*1-4-15-8-5-6-10-18(15)19-11-7-9-16-12-17(14(2)3)13-20(16)19;1-3-5(10)8-7-9-6(11)4-2;;;/h2*5-14H,4H2,1-3H3;3-4H2,1-2H3,(H-,8,9,10,11);2*1H;/q;;;;;+1/p-1. The van der Waals surface area contributed by atoms with Gasteiger partial charge in [-0.1, -0.05) is 0 Å². The third-order valence-corrected chi connectivity index (χ3v) is 31.6. The number of hydrogen-bond donors (Lipinski definition) is 2. The molecular formula is C46H54BCl2N2O2Zr. The van der Waals surface area contributed by atoms with E-state index in [1.165, 1.54) is 22.3 Å². The second kappa shape index (κ2) is 16.1. The summed E-state index contributed by atoms with van der Waals surface area (Å²) in [7, 11) is 17.8. The molecule has 2 aliphatic carbocycles. The van der Waals surface area contributed by atoms with Gasteiger partial charge in [0.05, 0.1) is 0 Å². The second-order valence-electron chi connectivity index (χ2n) is 15.6. The summed E-state index contributed by atoms with van der Waals surface area (Å²) < 4.78 is -1.78. The van der Waals surface area contributed by atoms with Crippen LogP contribution in [0.3, 0.4) is 0 Å². The van der Waals surface area contributed by atoms with Gasteiger partial charge in [-0.25, -0.2) is 0 Å². The van der Waals surface area contributed by atoms with Crippen molar-refractivity contribution in [1.29, 1.82) is 0 Å². The summed E-state index contributed by atoms with van der Waals surface area (Å²) in [4.78, 5) is 27.4. The van der Waals surface area contributed by atoms with Crippen molar-refractivity contribution in [1.82, 2.24) is 10.5 Å². The zero-order chi connectivity index (χ0) is 39.0. The van der Waals surface area contributed by atoms with E-state index >= 15 is 0 Å². The molecule has 2 atom stereocenters. The minimum absolute atomic E-state index is 0.0848. The van der Waals surface area contributed by atoms with Crippen LogP contribution in [0.5, 0.6) is 0 Å². The Hall–Kier alpha value is -3.17. The van der Waals surface area contributed by atoms with Crippen molar-refractivity contribution >= 4 is 45.5 Å². The zero-order valence-electron chi connectivity index (χ0n) is 33.0. The first-order valence-corrected chi connectivity index (χ1v) is 30.4. The number of fused-ring (bicyclic) bond motifs is 2. The maximum absolute atomic E-state index is 13.7. The van der Waals surface area contributed by atoms with Gasteiger partial charge in [-0.2, -0.15) is 0 Å². The Labute approximate surface area is 331 Å². The van der Waals surface area contributed by atoms with Crippen molar-refractivity contribution in [3.8, 4) is 22.3 Å². The van der Waals surface area contributed by atoms with Crippen LogP contribution in [0.15, 0.2) is 96.1 Å². The molecule has 0 fully saturated rings. The van der Waals surface area contributed by atoms with E-state index in [1.54, 1.807) is 0 Å². The molecule has 2 N–H and O–H groups in total. The van der Waals surface area contributed by atoms with Crippen molar-refractivity contribution < 1.29 is 25.8 Å². The zero-order valence-corrected chi connectivity index (χ0v) is 37.0. The molecule has 54 heavy (non-hydrogen) atoms. The molecule has 8 heteroatoms. The fourth-order valence-electron chi connectivity index (χ4n) is 9.07. The molecule has 2 aliphatic rings. The molecule has 0 aliphatic heterocycles. The summed E-state index contributed by atoms with van der Waals surface area (Å²) in [5.41, 5.74) is 13.9. The quantitative estimate of drug-likeness (QED) is 0.132. The molecule has 2 amide bonds. The summed E-state index contributed by atoms with van der Waals surface area (Å²) >= 11 is -6.02. The number of allylic oxidation sites excluding steroid dienone is 2. The van der Waals surface area contributed by atoms with Crippen LogP contribution >= 0.6 is 17.0 Å². The third kappa shape index (κ3) is 6.94. The van der Waals surface area contributed by atoms with Gasteiger partial charge in [0, 0.05) is 0 Å². The van der Waals surface area contributed by atoms with E-state index in [1.807, 2.05) is 13.8 Å². The van der Waals surface area contributed by atoms with Gasteiger partial charge < -0.3 is 0 Å². The van der Waals surface area contributed by atoms with E-state index in [4.69, 9.17) is 17.0 Å². The topological polar surface area (TPSA) is 58.2 Å². The molecule has 0 heterocycles. The van der Waals surface area contributed by atoms with E-state index in [0.717, 1.165) is 57.4 Å². The Morgan fingerprint density at radius 1 is 0.593 bits per heavy atom. The molecule has 2 unspecified atom stereocenters. The Morgan fingerprint density at radius 3 is 1.31 bits per heavy atom. The molecule has 4 aromatic carbocycles. The van der Waals surface area contributed by atoms with Gasteiger partial charge in [-0.3, -0.25) is 0 Å². The van der Waals surface area contributed by atoms with E-state index in [0.29, 0.717) is 0 Å². The maximum atomic E-state index is 13.7. The molecule has 4 nitrogen and oxygen atoms in total. The number of aryl methyl sites for hydroxylation is 2. The van der Waals surface area contributed by atoms with Gasteiger partial charge in [0.15, 0.2) is 0 Å². The van der Waals surface area contributed by atoms with Crippen LogP contribution in [0, 0.1) is 11.8 Å². The number of nitrogens with one attached hydrogen (secondary N) is 2. The van der Waals surface area contributed by atoms with Gasteiger partial charge in [0.25, 0.3) is 0 Å². The predicted octanol–water partition coefficient (Wildman–Crippen LogP) is 12.1. The molecule has 6 rings (SSSR count). The van der Waals surface area contributed by atoms with E-state index in [-0.39, 0.29) is 36.5 Å². The molecule has 4 aromatic rings. The Kier molecular flexibility index (Phi) is 12.1. The Balaban J connectivity index is 1.73. The number of halogens is 2. The van der Waals surface area contributed by atoms with Crippen LogP contribution in [0.2, 0.25) is 0 Å². The summed E-state index contributed by atoms with van der Waals surface area (Å²) in [6, 6.07) is 30.2. The van der Waals surface area contributed by atoms with Crippen molar-refractivity contribution in [2.45, 2.75) is 88.3 Å². The van der Waals surface area contributed by atoms with E-state index in [9.17, 15) is 9.59 Å².